The van der Waals surface area contributed by atoms with E-state index in [4.69, 9.17) is 0 Å². The maximum atomic E-state index is 12.7. The lowest BCUT2D eigenvalue weighted by molar-refractivity contribution is -0.115. The van der Waals surface area contributed by atoms with Crippen LogP contribution in [0.3, 0.4) is 0 Å². The highest BCUT2D eigenvalue weighted by atomic mass is 32.2. The third kappa shape index (κ3) is 5.52. The number of amides is 2. The number of aromatic nitrogens is 3. The molecule has 27 heavy (non-hydrogen) atoms. The average Bonchev–Trinajstić information content (AvgIpc) is 2.92. The van der Waals surface area contributed by atoms with E-state index >= 15 is 0 Å². The highest BCUT2D eigenvalue weighted by Gasteiger charge is 2.16. The van der Waals surface area contributed by atoms with Gasteiger partial charge in [0.2, 0.25) is 11.8 Å². The molecule has 2 amide bonds. The number of anilines is 2. The van der Waals surface area contributed by atoms with Gasteiger partial charge in [-0.25, -0.2) is 0 Å². The molecule has 142 valence electrons. The molecular weight excluding hydrogens is 366 g/mol. The second-order valence-corrected chi connectivity index (χ2v) is 6.71. The lowest BCUT2D eigenvalue weighted by Crippen LogP contribution is -2.14. The Hall–Kier alpha value is -2.94. The second kappa shape index (κ2) is 9.13. The molecule has 0 unspecified atom stereocenters. The van der Waals surface area contributed by atoms with Crippen LogP contribution < -0.4 is 10.6 Å². The van der Waals surface area contributed by atoms with Crippen molar-refractivity contribution in [3.05, 3.63) is 42.2 Å². The van der Waals surface area contributed by atoms with Gasteiger partial charge in [0.05, 0.1) is 11.4 Å². The summed E-state index contributed by atoms with van der Waals surface area (Å²) in [6, 6.07) is 4.76. The van der Waals surface area contributed by atoms with E-state index in [1.54, 1.807) is 24.3 Å². The van der Waals surface area contributed by atoms with Gasteiger partial charge in [-0.3, -0.25) is 14.4 Å². The summed E-state index contributed by atoms with van der Waals surface area (Å²) in [6.45, 7) is 8.83. The van der Waals surface area contributed by atoms with E-state index in [1.165, 1.54) is 25.6 Å². The first kappa shape index (κ1) is 20.4. The van der Waals surface area contributed by atoms with Gasteiger partial charge in [0.25, 0.3) is 0 Å². The van der Waals surface area contributed by atoms with Gasteiger partial charge in [0, 0.05) is 31.6 Å². The first-order chi connectivity index (χ1) is 12.8. The summed E-state index contributed by atoms with van der Waals surface area (Å²) in [5.41, 5.74) is 1.21. The number of nitrogens with zero attached hydrogens (tertiary/aromatic N) is 3. The molecule has 8 nitrogen and oxygen atoms in total. The number of carbonyl (C=O) groups is 3. The number of benzene rings is 1. The fourth-order valence-corrected chi connectivity index (χ4v) is 3.25. The van der Waals surface area contributed by atoms with Gasteiger partial charge in [-0.15, -0.1) is 16.8 Å². The zero-order chi connectivity index (χ0) is 20.0. The maximum absolute atomic E-state index is 12.7. The Morgan fingerprint density at radius 2 is 1.89 bits per heavy atom. The molecule has 0 aliphatic carbocycles. The van der Waals surface area contributed by atoms with E-state index in [0.29, 0.717) is 28.6 Å². The van der Waals surface area contributed by atoms with Crippen molar-refractivity contribution in [1.29, 1.82) is 0 Å². The third-order valence-electron chi connectivity index (χ3n) is 3.50. The predicted molar refractivity (Wildman–Crippen MR) is 105 cm³/mol. The minimum Gasteiger partial charge on any atom is -0.326 e. The fraction of sp³-hybridized carbons (Fsp3) is 0.278. The Morgan fingerprint density at radius 1 is 1.19 bits per heavy atom. The summed E-state index contributed by atoms with van der Waals surface area (Å²) in [4.78, 5) is 35.4. The summed E-state index contributed by atoms with van der Waals surface area (Å²) >= 11 is 1.26. The quantitative estimate of drug-likeness (QED) is 0.410. The number of hydrogen-bond donors (Lipinski definition) is 2. The van der Waals surface area contributed by atoms with Gasteiger partial charge in [-0.1, -0.05) is 17.8 Å². The summed E-state index contributed by atoms with van der Waals surface area (Å²) in [5.74, 6) is 0.141. The molecule has 9 heteroatoms. The first-order valence-electron chi connectivity index (χ1n) is 8.17. The first-order valence-corrected chi connectivity index (χ1v) is 9.16. The highest BCUT2D eigenvalue weighted by molar-refractivity contribution is 7.99. The molecule has 0 saturated heterocycles. The van der Waals surface area contributed by atoms with E-state index in [1.807, 2.05) is 11.5 Å². The largest absolute Gasteiger partial charge is 0.326 e. The smallest absolute Gasteiger partial charge is 0.221 e. The van der Waals surface area contributed by atoms with E-state index in [9.17, 15) is 14.4 Å². The molecule has 0 spiro atoms. The van der Waals surface area contributed by atoms with E-state index in [0.717, 1.165) is 5.82 Å². The van der Waals surface area contributed by atoms with Crippen LogP contribution in [0.25, 0.3) is 0 Å². The summed E-state index contributed by atoms with van der Waals surface area (Å²) in [7, 11) is 0. The fourth-order valence-electron chi connectivity index (χ4n) is 2.38. The highest BCUT2D eigenvalue weighted by Crippen LogP contribution is 2.25. The molecule has 2 N–H and O–H groups in total. The molecule has 2 aromatic rings. The van der Waals surface area contributed by atoms with Crippen molar-refractivity contribution < 1.29 is 14.4 Å². The van der Waals surface area contributed by atoms with E-state index in [-0.39, 0.29) is 23.4 Å². The van der Waals surface area contributed by atoms with Gasteiger partial charge < -0.3 is 15.2 Å². The van der Waals surface area contributed by atoms with Crippen LogP contribution in [-0.2, 0) is 16.1 Å². The lowest BCUT2D eigenvalue weighted by atomic mass is 10.1. The summed E-state index contributed by atoms with van der Waals surface area (Å²) in [5, 5.41) is 14.0. The molecule has 0 aliphatic heterocycles. The van der Waals surface area contributed by atoms with Crippen LogP contribution in [0.15, 0.2) is 36.0 Å². The molecule has 0 atom stereocenters. The van der Waals surface area contributed by atoms with Gasteiger partial charge >= 0.3 is 0 Å². The summed E-state index contributed by atoms with van der Waals surface area (Å²) < 4.78 is 1.86. The monoisotopic (exact) mass is 387 g/mol. The predicted octanol–water partition coefficient (Wildman–Crippen LogP) is 2.66. The number of nitrogens with one attached hydrogen (secondary N) is 2. The third-order valence-corrected chi connectivity index (χ3v) is 4.46. The van der Waals surface area contributed by atoms with Crippen molar-refractivity contribution in [1.82, 2.24) is 14.8 Å². The van der Waals surface area contributed by atoms with Crippen molar-refractivity contribution in [2.75, 3.05) is 16.4 Å². The minimum absolute atomic E-state index is 0.126. The number of Topliss-reactive ketones (excluding diaryl/α,β-unsaturated/α-hetero) is 1. The molecule has 0 aliphatic rings. The van der Waals surface area contributed by atoms with Crippen LogP contribution in [0.2, 0.25) is 0 Å². The Morgan fingerprint density at radius 3 is 2.52 bits per heavy atom. The van der Waals surface area contributed by atoms with Gasteiger partial charge in [0.15, 0.2) is 10.9 Å². The van der Waals surface area contributed by atoms with Crippen LogP contribution in [-0.4, -0.2) is 38.1 Å². The standard InChI is InChI=1S/C18H21N5O3S/c1-5-8-23-11(2)21-22-18(23)27-10-17(26)15-7-6-14(19-12(3)24)9-16(15)20-13(4)25/h5-7,9H,1,8,10H2,2-4H3,(H,19,24)(H,20,25). The zero-order valence-electron chi connectivity index (χ0n) is 15.4. The molecule has 0 saturated carbocycles. The SMILES string of the molecule is C=CCn1c(C)nnc1SCC(=O)c1ccc(NC(C)=O)cc1NC(C)=O. The minimum atomic E-state index is -0.307. The summed E-state index contributed by atoms with van der Waals surface area (Å²) in [6.07, 6.45) is 1.73. The Balaban J connectivity index is 2.20. The molecule has 0 radical (unpaired) electrons. The second-order valence-electron chi connectivity index (χ2n) is 5.76. The van der Waals surface area contributed by atoms with Crippen LogP contribution in [0.4, 0.5) is 11.4 Å². The molecule has 2 rings (SSSR count). The van der Waals surface area contributed by atoms with Crippen LogP contribution in [0.1, 0.15) is 30.0 Å². The van der Waals surface area contributed by atoms with Gasteiger partial charge in [0.1, 0.15) is 5.82 Å². The van der Waals surface area contributed by atoms with Crippen molar-refractivity contribution in [2.24, 2.45) is 0 Å². The van der Waals surface area contributed by atoms with Crippen molar-refractivity contribution in [2.45, 2.75) is 32.5 Å². The average molecular weight is 387 g/mol. The van der Waals surface area contributed by atoms with E-state index < -0.39 is 0 Å². The number of ketones is 1. The molecule has 1 heterocycles. The number of thioether (sulfide) groups is 1. The molecule has 1 aromatic carbocycles. The topological polar surface area (TPSA) is 106 Å². The lowest BCUT2D eigenvalue weighted by Gasteiger charge is -2.12. The number of hydrogen-bond acceptors (Lipinski definition) is 6. The van der Waals surface area contributed by atoms with Crippen molar-refractivity contribution in [3.63, 3.8) is 0 Å². The van der Waals surface area contributed by atoms with Gasteiger partial charge in [-0.2, -0.15) is 0 Å². The molecule has 1 aromatic heterocycles. The number of aryl methyl sites for hydroxylation is 1. The molecular formula is C18H21N5O3S. The Bertz CT molecular complexity index is 891. The van der Waals surface area contributed by atoms with E-state index in [2.05, 4.69) is 27.4 Å². The Labute approximate surface area is 161 Å². The molecule has 0 bridgehead atoms. The Kier molecular flexibility index (Phi) is 6.89. The van der Waals surface area contributed by atoms with Crippen molar-refractivity contribution in [3.8, 4) is 0 Å². The number of carbonyl (C=O) groups excluding carboxylic acids is 3. The van der Waals surface area contributed by atoms with Crippen LogP contribution in [0.5, 0.6) is 0 Å². The van der Waals surface area contributed by atoms with Crippen LogP contribution >= 0.6 is 11.8 Å². The molecule has 0 fully saturated rings. The van der Waals surface area contributed by atoms with Crippen molar-refractivity contribution >= 4 is 40.7 Å². The zero-order valence-corrected chi connectivity index (χ0v) is 16.2. The number of rotatable bonds is 8. The number of allylic oxidation sites excluding steroid dienone is 1. The van der Waals surface area contributed by atoms with Gasteiger partial charge in [-0.05, 0) is 25.1 Å². The maximum Gasteiger partial charge on any atom is 0.221 e. The van der Waals surface area contributed by atoms with Crippen LogP contribution in [0, 0.1) is 6.92 Å². The normalized spacial score (nSPS) is 10.3.